The molecule has 7 nitrogen and oxygen atoms in total. The molecule has 1 aliphatic heterocycles. The third kappa shape index (κ3) is 3.99. The normalized spacial score (nSPS) is 16.2. The van der Waals surface area contributed by atoms with E-state index in [9.17, 15) is 13.7 Å². The van der Waals surface area contributed by atoms with Gasteiger partial charge in [-0.1, -0.05) is 25.1 Å². The lowest BCUT2D eigenvalue weighted by molar-refractivity contribution is 0.324. The standard InChI is InChI=1S/C25H27N5O2S/c1-2-15-33(31,32)28-19-9-7-18(8-10-19)25-23(17-26)22-12-11-21(29-14-4-13-27-29)16-24(22)30(25)20-5-3-6-20/h4,7-12,14,16,20,27-28H,2-3,5-6,13,15H2,1H3. The summed E-state index contributed by atoms with van der Waals surface area (Å²) in [6.45, 7) is 2.64. The molecule has 0 radical (unpaired) electrons. The summed E-state index contributed by atoms with van der Waals surface area (Å²) in [6, 6.07) is 16.4. The van der Waals surface area contributed by atoms with Crippen molar-refractivity contribution in [1.82, 2.24) is 9.99 Å². The number of nitriles is 1. The van der Waals surface area contributed by atoms with Gasteiger partial charge in [-0.05, 0) is 61.6 Å². The van der Waals surface area contributed by atoms with Crippen LogP contribution in [-0.4, -0.2) is 25.3 Å². The van der Waals surface area contributed by atoms with Crippen LogP contribution in [0.4, 0.5) is 11.4 Å². The molecular formula is C25H27N5O2S. The van der Waals surface area contributed by atoms with Crippen molar-refractivity contribution in [2.75, 3.05) is 22.0 Å². The first-order valence-corrected chi connectivity index (χ1v) is 13.0. The largest absolute Gasteiger partial charge is 0.336 e. The fourth-order valence-electron chi connectivity index (χ4n) is 4.60. The van der Waals surface area contributed by atoms with Crippen molar-refractivity contribution < 1.29 is 8.42 Å². The van der Waals surface area contributed by atoms with E-state index in [4.69, 9.17) is 0 Å². The molecule has 8 heteroatoms. The lowest BCUT2D eigenvalue weighted by Gasteiger charge is -2.30. The molecule has 1 aromatic heterocycles. The molecular weight excluding hydrogens is 434 g/mol. The monoisotopic (exact) mass is 461 g/mol. The minimum atomic E-state index is -3.35. The molecule has 0 unspecified atom stereocenters. The van der Waals surface area contributed by atoms with Gasteiger partial charge < -0.3 is 4.57 Å². The van der Waals surface area contributed by atoms with E-state index < -0.39 is 10.0 Å². The Morgan fingerprint density at radius 1 is 1.18 bits per heavy atom. The minimum absolute atomic E-state index is 0.0899. The van der Waals surface area contributed by atoms with Gasteiger partial charge in [-0.25, -0.2) is 13.8 Å². The molecule has 0 bridgehead atoms. The lowest BCUT2D eigenvalue weighted by atomic mass is 9.92. The maximum atomic E-state index is 12.1. The summed E-state index contributed by atoms with van der Waals surface area (Å²) in [5, 5.41) is 13.1. The van der Waals surface area contributed by atoms with Gasteiger partial charge in [0.25, 0.3) is 0 Å². The second kappa shape index (κ2) is 8.58. The Hall–Kier alpha value is -3.28. The van der Waals surface area contributed by atoms with Gasteiger partial charge in [0.05, 0.1) is 28.2 Å². The van der Waals surface area contributed by atoms with E-state index in [1.807, 2.05) is 42.4 Å². The molecule has 0 saturated heterocycles. The van der Waals surface area contributed by atoms with Crippen molar-refractivity contribution in [3.63, 3.8) is 0 Å². The summed E-state index contributed by atoms with van der Waals surface area (Å²) in [5.74, 6) is 0.0899. The van der Waals surface area contributed by atoms with E-state index in [1.165, 1.54) is 6.42 Å². The molecule has 1 saturated carbocycles. The summed E-state index contributed by atoms with van der Waals surface area (Å²) in [4.78, 5) is 0. The third-order valence-corrected chi connectivity index (χ3v) is 7.85. The highest BCUT2D eigenvalue weighted by Gasteiger charge is 2.28. The fourth-order valence-corrected chi connectivity index (χ4v) is 5.74. The Balaban J connectivity index is 1.61. The summed E-state index contributed by atoms with van der Waals surface area (Å²) >= 11 is 0. The highest BCUT2D eigenvalue weighted by Crippen LogP contribution is 2.43. The number of rotatable bonds is 7. The number of sulfonamides is 1. The zero-order chi connectivity index (χ0) is 23.0. The van der Waals surface area contributed by atoms with Crippen LogP contribution >= 0.6 is 0 Å². The van der Waals surface area contributed by atoms with Crippen LogP contribution in [0.15, 0.2) is 54.7 Å². The van der Waals surface area contributed by atoms with Crippen molar-refractivity contribution in [2.45, 2.75) is 38.6 Å². The molecule has 5 rings (SSSR count). The molecule has 0 amide bonds. The van der Waals surface area contributed by atoms with Crippen LogP contribution in [0.3, 0.4) is 0 Å². The maximum Gasteiger partial charge on any atom is 0.232 e. The predicted octanol–water partition coefficient (Wildman–Crippen LogP) is 4.89. The molecule has 33 heavy (non-hydrogen) atoms. The zero-order valence-electron chi connectivity index (χ0n) is 18.6. The first kappa shape index (κ1) is 21.6. The third-order valence-electron chi connectivity index (χ3n) is 6.36. The SMILES string of the molecule is CCCS(=O)(=O)Nc1ccc(-c2c(C#N)c3ccc(N4C=CCN4)cc3n2C2CCC2)cc1. The van der Waals surface area contributed by atoms with Gasteiger partial charge in [-0.15, -0.1) is 0 Å². The van der Waals surface area contributed by atoms with Crippen molar-refractivity contribution in [2.24, 2.45) is 0 Å². The summed E-state index contributed by atoms with van der Waals surface area (Å²) in [6.07, 6.45) is 8.00. The number of nitrogens with one attached hydrogen (secondary N) is 2. The number of hydrogen-bond acceptors (Lipinski definition) is 5. The Labute approximate surface area is 194 Å². The number of benzene rings is 2. The van der Waals surface area contributed by atoms with Crippen LogP contribution in [0.25, 0.3) is 22.2 Å². The Kier molecular flexibility index (Phi) is 5.60. The van der Waals surface area contributed by atoms with Crippen molar-refractivity contribution in [3.8, 4) is 17.3 Å². The van der Waals surface area contributed by atoms with Crippen LogP contribution in [0.2, 0.25) is 0 Å². The number of hydrogen-bond donors (Lipinski definition) is 2. The first-order valence-electron chi connectivity index (χ1n) is 11.4. The maximum absolute atomic E-state index is 12.1. The highest BCUT2D eigenvalue weighted by atomic mass is 32.2. The van der Waals surface area contributed by atoms with Gasteiger partial charge in [0.2, 0.25) is 10.0 Å². The predicted molar refractivity (Wildman–Crippen MR) is 132 cm³/mol. The van der Waals surface area contributed by atoms with Crippen molar-refractivity contribution in [1.29, 1.82) is 5.26 Å². The van der Waals surface area contributed by atoms with Gasteiger partial charge in [0, 0.05) is 29.9 Å². The Morgan fingerprint density at radius 2 is 1.97 bits per heavy atom. The van der Waals surface area contributed by atoms with E-state index in [0.29, 0.717) is 23.7 Å². The Bertz CT molecular complexity index is 1360. The highest BCUT2D eigenvalue weighted by molar-refractivity contribution is 7.92. The quantitative estimate of drug-likeness (QED) is 0.523. The van der Waals surface area contributed by atoms with E-state index in [1.54, 1.807) is 12.1 Å². The molecule has 3 aromatic rings. The van der Waals surface area contributed by atoms with Gasteiger partial charge in [0.1, 0.15) is 6.07 Å². The molecule has 0 spiro atoms. The van der Waals surface area contributed by atoms with Crippen LogP contribution in [0.1, 0.15) is 44.2 Å². The van der Waals surface area contributed by atoms with E-state index in [-0.39, 0.29) is 5.75 Å². The number of nitrogens with zero attached hydrogens (tertiary/aromatic N) is 3. The van der Waals surface area contributed by atoms with E-state index in [0.717, 1.165) is 47.2 Å². The van der Waals surface area contributed by atoms with E-state index in [2.05, 4.69) is 32.9 Å². The summed E-state index contributed by atoms with van der Waals surface area (Å²) < 4.78 is 29.2. The van der Waals surface area contributed by atoms with Crippen molar-refractivity contribution >= 4 is 32.3 Å². The number of aromatic nitrogens is 1. The average Bonchev–Trinajstić information content (AvgIpc) is 3.39. The summed E-state index contributed by atoms with van der Waals surface area (Å²) in [5.41, 5.74) is 8.40. The molecule has 1 fully saturated rings. The van der Waals surface area contributed by atoms with Crippen LogP contribution in [0, 0.1) is 11.3 Å². The number of hydrazine groups is 1. The lowest BCUT2D eigenvalue weighted by Crippen LogP contribution is -2.28. The minimum Gasteiger partial charge on any atom is -0.336 e. The van der Waals surface area contributed by atoms with Crippen LogP contribution in [-0.2, 0) is 10.0 Å². The number of anilines is 2. The topological polar surface area (TPSA) is 90.2 Å². The van der Waals surface area contributed by atoms with Gasteiger partial charge in [-0.3, -0.25) is 9.73 Å². The first-order chi connectivity index (χ1) is 16.0. The molecule has 2 N–H and O–H groups in total. The van der Waals surface area contributed by atoms with Crippen LogP contribution < -0.4 is 15.2 Å². The second-order valence-electron chi connectivity index (χ2n) is 8.61. The fraction of sp³-hybridized carbons (Fsp3) is 0.320. The molecule has 1 aliphatic carbocycles. The summed E-state index contributed by atoms with van der Waals surface area (Å²) in [7, 11) is -3.35. The molecule has 0 atom stereocenters. The zero-order valence-corrected chi connectivity index (χ0v) is 19.4. The van der Waals surface area contributed by atoms with Crippen molar-refractivity contribution in [3.05, 3.63) is 60.3 Å². The Morgan fingerprint density at radius 3 is 2.58 bits per heavy atom. The molecule has 2 heterocycles. The molecule has 2 aliphatic rings. The smallest absolute Gasteiger partial charge is 0.232 e. The number of fused-ring (bicyclic) bond motifs is 1. The van der Waals surface area contributed by atoms with Gasteiger partial charge in [0.15, 0.2) is 0 Å². The molecule has 2 aromatic carbocycles. The average molecular weight is 462 g/mol. The second-order valence-corrected chi connectivity index (χ2v) is 10.4. The van der Waals surface area contributed by atoms with Gasteiger partial charge in [-0.2, -0.15) is 5.26 Å². The molecule has 170 valence electrons. The van der Waals surface area contributed by atoms with E-state index >= 15 is 0 Å². The van der Waals surface area contributed by atoms with Crippen LogP contribution in [0.5, 0.6) is 0 Å². The van der Waals surface area contributed by atoms with Gasteiger partial charge >= 0.3 is 0 Å².